The molecule has 3 aliphatic rings. The van der Waals surface area contributed by atoms with Gasteiger partial charge in [-0.2, -0.15) is 0 Å². The van der Waals surface area contributed by atoms with Crippen molar-refractivity contribution in [3.63, 3.8) is 0 Å². The second-order valence-corrected chi connectivity index (χ2v) is 8.89. The van der Waals surface area contributed by atoms with E-state index in [-0.39, 0.29) is 24.8 Å². The summed E-state index contributed by atoms with van der Waals surface area (Å²) in [5, 5.41) is 2.69. The number of carbonyl (C=O) groups excluding carboxylic acids is 3. The Hall–Kier alpha value is -2.41. The van der Waals surface area contributed by atoms with Crippen LogP contribution in [0.2, 0.25) is 0 Å². The van der Waals surface area contributed by atoms with E-state index in [0.29, 0.717) is 12.0 Å². The van der Waals surface area contributed by atoms with E-state index >= 15 is 0 Å². The van der Waals surface area contributed by atoms with Crippen molar-refractivity contribution in [2.24, 2.45) is 5.92 Å². The second-order valence-electron chi connectivity index (χ2n) is 8.89. The minimum atomic E-state index is -0.770. The quantitative estimate of drug-likeness (QED) is 0.727. The van der Waals surface area contributed by atoms with Crippen molar-refractivity contribution in [2.75, 3.05) is 26.7 Å². The minimum absolute atomic E-state index is 0.0213. The minimum Gasteiger partial charge on any atom is -0.345 e. The van der Waals surface area contributed by atoms with Gasteiger partial charge in [-0.25, -0.2) is 4.79 Å². The van der Waals surface area contributed by atoms with Crippen LogP contribution in [-0.4, -0.2) is 71.3 Å². The van der Waals surface area contributed by atoms with Crippen LogP contribution >= 0.6 is 0 Å². The van der Waals surface area contributed by atoms with Gasteiger partial charge in [-0.1, -0.05) is 36.8 Å². The Labute approximate surface area is 178 Å². The highest BCUT2D eigenvalue weighted by Gasteiger charge is 2.40. The third-order valence-electron chi connectivity index (χ3n) is 6.83. The fourth-order valence-electron chi connectivity index (χ4n) is 5.21. The molecule has 30 heavy (non-hydrogen) atoms. The molecule has 4 amide bonds. The third-order valence-corrected chi connectivity index (χ3v) is 6.83. The maximum absolute atomic E-state index is 12.8. The van der Waals surface area contributed by atoms with Gasteiger partial charge < -0.3 is 15.1 Å². The molecule has 0 bridgehead atoms. The van der Waals surface area contributed by atoms with Crippen LogP contribution < -0.4 is 5.32 Å². The van der Waals surface area contributed by atoms with Gasteiger partial charge in [0.15, 0.2) is 0 Å². The van der Waals surface area contributed by atoms with Gasteiger partial charge in [0.05, 0.1) is 13.0 Å². The first-order chi connectivity index (χ1) is 14.5. The largest absolute Gasteiger partial charge is 0.345 e. The Morgan fingerprint density at radius 2 is 1.87 bits per heavy atom. The summed E-state index contributed by atoms with van der Waals surface area (Å²) in [5.41, 5.74) is 0.888. The molecule has 0 aliphatic carbocycles. The monoisotopic (exact) mass is 412 g/mol. The Bertz CT molecular complexity index is 782. The number of hydrogen-bond donors (Lipinski definition) is 1. The van der Waals surface area contributed by atoms with Crippen molar-refractivity contribution in [1.82, 2.24) is 20.0 Å². The Morgan fingerprint density at radius 3 is 2.67 bits per heavy atom. The Balaban J connectivity index is 1.32. The van der Waals surface area contributed by atoms with Crippen LogP contribution in [0.15, 0.2) is 30.3 Å². The lowest BCUT2D eigenvalue weighted by Gasteiger charge is -2.45. The molecule has 0 unspecified atom stereocenters. The predicted octanol–water partition coefficient (Wildman–Crippen LogP) is 2.22. The Morgan fingerprint density at radius 1 is 1.10 bits per heavy atom. The molecule has 0 aromatic heterocycles. The molecule has 7 heteroatoms. The number of carbonyl (C=O) groups is 3. The van der Waals surface area contributed by atoms with Crippen molar-refractivity contribution in [3.8, 4) is 0 Å². The summed E-state index contributed by atoms with van der Waals surface area (Å²) in [6.07, 6.45) is 6.14. The molecule has 0 radical (unpaired) electrons. The van der Waals surface area contributed by atoms with Crippen LogP contribution in [0.25, 0.3) is 0 Å². The number of amides is 4. The average molecular weight is 413 g/mol. The van der Waals surface area contributed by atoms with Gasteiger partial charge >= 0.3 is 6.03 Å². The first-order valence-corrected chi connectivity index (χ1v) is 11.2. The molecule has 7 nitrogen and oxygen atoms in total. The topological polar surface area (TPSA) is 73.0 Å². The zero-order chi connectivity index (χ0) is 21.1. The van der Waals surface area contributed by atoms with Crippen LogP contribution in [0.3, 0.4) is 0 Å². The molecule has 4 rings (SSSR count). The lowest BCUT2D eigenvalue weighted by Crippen LogP contribution is -2.51. The average Bonchev–Trinajstić information content (AvgIpc) is 3.02. The standard InChI is InChI=1S/C23H32N4O3/c1-25(16-18-10-7-13-26-12-6-5-11-20(18)26)21(28)14-19-22(29)27(23(30)24-19)15-17-8-3-2-4-9-17/h2-4,8-9,18-20H,5-7,10-16H2,1H3,(H,24,30)/t18-,19-,20+/m0/s1. The summed E-state index contributed by atoms with van der Waals surface area (Å²) in [5.74, 6) is 0.0984. The summed E-state index contributed by atoms with van der Waals surface area (Å²) in [7, 11) is 1.83. The van der Waals surface area contributed by atoms with Crippen molar-refractivity contribution in [3.05, 3.63) is 35.9 Å². The fraction of sp³-hybridized carbons (Fsp3) is 0.609. The van der Waals surface area contributed by atoms with E-state index in [1.54, 1.807) is 4.90 Å². The summed E-state index contributed by atoms with van der Waals surface area (Å²) in [6.45, 7) is 3.31. The fourth-order valence-corrected chi connectivity index (χ4v) is 5.21. The van der Waals surface area contributed by atoms with Gasteiger partial charge in [-0.05, 0) is 50.3 Å². The van der Waals surface area contributed by atoms with E-state index in [1.807, 2.05) is 37.4 Å². The van der Waals surface area contributed by atoms with Gasteiger partial charge in [-0.3, -0.25) is 14.5 Å². The molecular formula is C23H32N4O3. The molecule has 3 aliphatic heterocycles. The maximum atomic E-state index is 12.8. The number of urea groups is 1. The van der Waals surface area contributed by atoms with Gasteiger partial charge in [0.2, 0.25) is 5.91 Å². The number of imide groups is 1. The van der Waals surface area contributed by atoms with Crippen LogP contribution in [0.1, 0.15) is 44.1 Å². The molecule has 3 heterocycles. The molecule has 3 atom stereocenters. The van der Waals surface area contributed by atoms with Gasteiger partial charge in [0.25, 0.3) is 5.91 Å². The number of hydrogen-bond acceptors (Lipinski definition) is 4. The van der Waals surface area contributed by atoms with E-state index in [0.717, 1.165) is 18.5 Å². The highest BCUT2D eigenvalue weighted by Crippen LogP contribution is 2.31. The van der Waals surface area contributed by atoms with Crippen LogP contribution in [0, 0.1) is 5.92 Å². The maximum Gasteiger partial charge on any atom is 0.325 e. The van der Waals surface area contributed by atoms with E-state index in [2.05, 4.69) is 10.2 Å². The van der Waals surface area contributed by atoms with E-state index in [9.17, 15) is 14.4 Å². The highest BCUT2D eigenvalue weighted by molar-refractivity contribution is 6.05. The van der Waals surface area contributed by atoms with Crippen LogP contribution in [0.5, 0.6) is 0 Å². The second kappa shape index (κ2) is 9.16. The van der Waals surface area contributed by atoms with Crippen molar-refractivity contribution in [1.29, 1.82) is 0 Å². The lowest BCUT2D eigenvalue weighted by atomic mass is 9.83. The van der Waals surface area contributed by atoms with E-state index in [1.165, 1.54) is 43.7 Å². The number of rotatable bonds is 6. The summed E-state index contributed by atoms with van der Waals surface area (Å²) in [4.78, 5) is 43.4. The zero-order valence-corrected chi connectivity index (χ0v) is 17.8. The van der Waals surface area contributed by atoms with E-state index < -0.39 is 12.1 Å². The predicted molar refractivity (Wildman–Crippen MR) is 114 cm³/mol. The molecule has 0 spiro atoms. The molecule has 162 valence electrons. The summed E-state index contributed by atoms with van der Waals surface area (Å²) >= 11 is 0. The summed E-state index contributed by atoms with van der Waals surface area (Å²) < 4.78 is 0. The van der Waals surface area contributed by atoms with E-state index in [4.69, 9.17) is 0 Å². The Kier molecular flexibility index (Phi) is 6.37. The highest BCUT2D eigenvalue weighted by atomic mass is 16.2. The van der Waals surface area contributed by atoms with Crippen molar-refractivity contribution >= 4 is 17.8 Å². The number of piperidine rings is 2. The number of nitrogens with zero attached hydrogens (tertiary/aromatic N) is 3. The van der Waals surface area contributed by atoms with Crippen molar-refractivity contribution < 1.29 is 14.4 Å². The zero-order valence-electron chi connectivity index (χ0n) is 17.8. The molecule has 1 aromatic rings. The van der Waals surface area contributed by atoms with Gasteiger partial charge in [-0.15, -0.1) is 0 Å². The third kappa shape index (κ3) is 4.51. The smallest absolute Gasteiger partial charge is 0.325 e. The van der Waals surface area contributed by atoms with Gasteiger partial charge in [0, 0.05) is 19.6 Å². The molecular weight excluding hydrogens is 380 g/mol. The van der Waals surface area contributed by atoms with Crippen LogP contribution in [-0.2, 0) is 16.1 Å². The van der Waals surface area contributed by atoms with Gasteiger partial charge in [0.1, 0.15) is 6.04 Å². The first kappa shape index (κ1) is 20.8. The number of benzene rings is 1. The molecule has 0 saturated carbocycles. The molecule has 1 aromatic carbocycles. The number of nitrogens with one attached hydrogen (secondary N) is 1. The summed E-state index contributed by atoms with van der Waals surface area (Å²) in [6, 6.07) is 8.80. The normalized spacial score (nSPS) is 27.0. The first-order valence-electron chi connectivity index (χ1n) is 11.2. The van der Waals surface area contributed by atoms with Crippen molar-refractivity contribution in [2.45, 2.75) is 57.2 Å². The molecule has 3 saturated heterocycles. The van der Waals surface area contributed by atoms with Crippen LogP contribution in [0.4, 0.5) is 4.79 Å². The lowest BCUT2D eigenvalue weighted by molar-refractivity contribution is -0.135. The number of fused-ring (bicyclic) bond motifs is 1. The SMILES string of the molecule is CN(C[C@@H]1CCCN2CCCC[C@H]12)C(=O)C[C@@H]1NC(=O)N(Cc2ccccc2)C1=O. The molecule has 3 fully saturated rings. The molecule has 1 N–H and O–H groups in total.